The van der Waals surface area contributed by atoms with E-state index in [0.29, 0.717) is 16.8 Å². The Kier molecular flexibility index (Phi) is 5.66. The molecule has 0 saturated carbocycles. The van der Waals surface area contributed by atoms with Crippen LogP contribution in [0.1, 0.15) is 27.0 Å². The van der Waals surface area contributed by atoms with Crippen molar-refractivity contribution in [1.29, 1.82) is 0 Å². The molecule has 1 N–H and O–H groups in total. The quantitative estimate of drug-likeness (QED) is 0.655. The zero-order chi connectivity index (χ0) is 17.7. The molecule has 0 saturated heterocycles. The van der Waals surface area contributed by atoms with Gasteiger partial charge in [-0.2, -0.15) is 0 Å². The van der Waals surface area contributed by atoms with Crippen LogP contribution in [0.4, 0.5) is 5.69 Å². The zero-order valence-electron chi connectivity index (χ0n) is 14.3. The fourth-order valence-electron chi connectivity index (χ4n) is 2.43. The Balaban J connectivity index is 2.31. The van der Waals surface area contributed by atoms with Crippen molar-refractivity contribution in [3.63, 3.8) is 0 Å². The molecule has 0 unspecified atom stereocenters. The average Bonchev–Trinajstić information content (AvgIpc) is 2.54. The summed E-state index contributed by atoms with van der Waals surface area (Å²) in [6, 6.07) is 12.9. The number of anilines is 1. The van der Waals surface area contributed by atoms with Crippen LogP contribution in [0.25, 0.3) is 0 Å². The van der Waals surface area contributed by atoms with Crippen molar-refractivity contribution in [2.45, 2.75) is 13.5 Å². The number of benzene rings is 2. The number of nitrogens with one attached hydrogen (secondary N) is 1. The van der Waals surface area contributed by atoms with Crippen molar-refractivity contribution in [3.05, 3.63) is 77.4 Å². The van der Waals surface area contributed by atoms with E-state index in [2.05, 4.69) is 16.8 Å². The maximum atomic E-state index is 12.8. The number of hydrogen-bond acceptors (Lipinski definition) is 3. The SMILES string of the molecule is C=CC(=O)Nc1cc(C)ccc1C(=O)c1ccc(CN(C)C)cc1. The van der Waals surface area contributed by atoms with Gasteiger partial charge in [0, 0.05) is 17.7 Å². The van der Waals surface area contributed by atoms with Crippen LogP contribution in [0, 0.1) is 6.92 Å². The first-order valence-corrected chi connectivity index (χ1v) is 7.73. The van der Waals surface area contributed by atoms with Gasteiger partial charge in [-0.25, -0.2) is 0 Å². The van der Waals surface area contributed by atoms with Gasteiger partial charge in [0.2, 0.25) is 5.91 Å². The minimum atomic E-state index is -0.337. The highest BCUT2D eigenvalue weighted by atomic mass is 16.1. The average molecular weight is 322 g/mol. The lowest BCUT2D eigenvalue weighted by Crippen LogP contribution is -2.13. The lowest BCUT2D eigenvalue weighted by atomic mass is 9.99. The first-order valence-electron chi connectivity index (χ1n) is 7.73. The summed E-state index contributed by atoms with van der Waals surface area (Å²) in [6.45, 7) is 6.17. The third kappa shape index (κ3) is 4.40. The summed E-state index contributed by atoms with van der Waals surface area (Å²) in [5, 5.41) is 2.70. The van der Waals surface area contributed by atoms with E-state index >= 15 is 0 Å². The molecular weight excluding hydrogens is 300 g/mol. The summed E-state index contributed by atoms with van der Waals surface area (Å²) >= 11 is 0. The third-order valence-electron chi connectivity index (χ3n) is 3.58. The van der Waals surface area contributed by atoms with Gasteiger partial charge < -0.3 is 10.2 Å². The molecule has 0 radical (unpaired) electrons. The van der Waals surface area contributed by atoms with E-state index in [0.717, 1.165) is 17.7 Å². The molecule has 4 heteroatoms. The van der Waals surface area contributed by atoms with Gasteiger partial charge in [0.1, 0.15) is 0 Å². The van der Waals surface area contributed by atoms with Crippen molar-refractivity contribution in [1.82, 2.24) is 4.90 Å². The molecule has 4 nitrogen and oxygen atoms in total. The van der Waals surface area contributed by atoms with E-state index < -0.39 is 0 Å². The Morgan fingerprint density at radius 1 is 1.12 bits per heavy atom. The summed E-state index contributed by atoms with van der Waals surface area (Å²) in [6.07, 6.45) is 1.19. The molecule has 2 aromatic rings. The second-order valence-corrected chi connectivity index (χ2v) is 6.01. The molecule has 0 aliphatic rings. The smallest absolute Gasteiger partial charge is 0.247 e. The van der Waals surface area contributed by atoms with E-state index in [1.807, 2.05) is 51.4 Å². The third-order valence-corrected chi connectivity index (χ3v) is 3.58. The number of amides is 1. The van der Waals surface area contributed by atoms with E-state index in [4.69, 9.17) is 0 Å². The summed E-state index contributed by atoms with van der Waals surface area (Å²) in [5.74, 6) is -0.457. The number of carbonyl (C=O) groups is 2. The van der Waals surface area contributed by atoms with E-state index in [9.17, 15) is 9.59 Å². The highest BCUT2D eigenvalue weighted by Crippen LogP contribution is 2.22. The largest absolute Gasteiger partial charge is 0.322 e. The molecule has 0 aliphatic heterocycles. The lowest BCUT2D eigenvalue weighted by molar-refractivity contribution is -0.111. The van der Waals surface area contributed by atoms with Crippen LogP contribution in [-0.2, 0) is 11.3 Å². The first-order chi connectivity index (χ1) is 11.4. The summed E-state index contributed by atoms with van der Waals surface area (Å²) in [7, 11) is 4.00. The Labute approximate surface area is 142 Å². The maximum Gasteiger partial charge on any atom is 0.247 e. The van der Waals surface area contributed by atoms with E-state index in [1.165, 1.54) is 6.08 Å². The van der Waals surface area contributed by atoms with Crippen LogP contribution in [0.15, 0.2) is 55.1 Å². The fourth-order valence-corrected chi connectivity index (χ4v) is 2.43. The Bertz CT molecular complexity index is 762. The number of ketones is 1. The molecule has 2 rings (SSSR count). The highest BCUT2D eigenvalue weighted by molar-refractivity contribution is 6.14. The van der Waals surface area contributed by atoms with E-state index in [1.54, 1.807) is 12.1 Å². The first kappa shape index (κ1) is 17.6. The van der Waals surface area contributed by atoms with Gasteiger partial charge in [0.05, 0.1) is 5.69 Å². The van der Waals surface area contributed by atoms with E-state index in [-0.39, 0.29) is 11.7 Å². The minimum absolute atomic E-state index is 0.120. The number of aryl methyl sites for hydroxylation is 1. The summed E-state index contributed by atoms with van der Waals surface area (Å²) in [5.41, 5.74) is 3.67. The monoisotopic (exact) mass is 322 g/mol. The van der Waals surface area contributed by atoms with Crippen LogP contribution in [0.3, 0.4) is 0 Å². The molecule has 0 heterocycles. The van der Waals surface area contributed by atoms with Crippen molar-refractivity contribution in [3.8, 4) is 0 Å². The van der Waals surface area contributed by atoms with Crippen LogP contribution >= 0.6 is 0 Å². The predicted molar refractivity (Wildman–Crippen MR) is 97.3 cm³/mol. The lowest BCUT2D eigenvalue weighted by Gasteiger charge is -2.12. The maximum absolute atomic E-state index is 12.8. The number of nitrogens with zero attached hydrogens (tertiary/aromatic N) is 1. The molecule has 0 aromatic heterocycles. The zero-order valence-corrected chi connectivity index (χ0v) is 14.3. The molecule has 2 aromatic carbocycles. The molecule has 0 aliphatic carbocycles. The molecule has 0 spiro atoms. The second kappa shape index (κ2) is 7.70. The van der Waals surface area contributed by atoms with Gasteiger partial charge in [-0.05, 0) is 50.4 Å². The van der Waals surface area contributed by atoms with Crippen molar-refractivity contribution < 1.29 is 9.59 Å². The van der Waals surface area contributed by atoms with Crippen LogP contribution in [0.5, 0.6) is 0 Å². The standard InChI is InChI=1S/C20H22N2O2/c1-5-19(23)21-18-12-14(2)6-11-17(18)20(24)16-9-7-15(8-10-16)13-22(3)4/h5-12H,1,13H2,2-4H3,(H,21,23). The van der Waals surface area contributed by atoms with Crippen LogP contribution in [0.2, 0.25) is 0 Å². The Morgan fingerprint density at radius 2 is 1.79 bits per heavy atom. The Morgan fingerprint density at radius 3 is 2.38 bits per heavy atom. The fraction of sp³-hybridized carbons (Fsp3) is 0.200. The van der Waals surface area contributed by atoms with Gasteiger partial charge >= 0.3 is 0 Å². The molecule has 0 fully saturated rings. The number of hydrogen-bond donors (Lipinski definition) is 1. The van der Waals surface area contributed by atoms with Gasteiger partial charge in [0.15, 0.2) is 5.78 Å². The molecule has 1 amide bonds. The summed E-state index contributed by atoms with van der Waals surface area (Å²) in [4.78, 5) is 26.5. The van der Waals surface area contributed by atoms with Gasteiger partial charge in [-0.15, -0.1) is 0 Å². The Hall–Kier alpha value is -2.72. The molecule has 0 atom stereocenters. The highest BCUT2D eigenvalue weighted by Gasteiger charge is 2.15. The van der Waals surface area contributed by atoms with Gasteiger partial charge in [0.25, 0.3) is 0 Å². The van der Waals surface area contributed by atoms with Crippen LogP contribution < -0.4 is 5.32 Å². The normalized spacial score (nSPS) is 10.5. The molecule has 24 heavy (non-hydrogen) atoms. The van der Waals surface area contributed by atoms with Crippen molar-refractivity contribution in [2.24, 2.45) is 0 Å². The topological polar surface area (TPSA) is 49.4 Å². The predicted octanol–water partition coefficient (Wildman–Crippen LogP) is 3.41. The number of carbonyl (C=O) groups excluding carboxylic acids is 2. The summed E-state index contributed by atoms with van der Waals surface area (Å²) < 4.78 is 0. The molecule has 0 bridgehead atoms. The molecular formula is C20H22N2O2. The molecule has 124 valence electrons. The van der Waals surface area contributed by atoms with Gasteiger partial charge in [-0.3, -0.25) is 9.59 Å². The number of rotatable bonds is 6. The van der Waals surface area contributed by atoms with Crippen LogP contribution in [-0.4, -0.2) is 30.7 Å². The van der Waals surface area contributed by atoms with Crippen molar-refractivity contribution in [2.75, 3.05) is 19.4 Å². The second-order valence-electron chi connectivity index (χ2n) is 6.01. The van der Waals surface area contributed by atoms with Gasteiger partial charge in [-0.1, -0.05) is 36.9 Å². The van der Waals surface area contributed by atoms with Crippen molar-refractivity contribution >= 4 is 17.4 Å². The minimum Gasteiger partial charge on any atom is -0.322 e.